The summed E-state index contributed by atoms with van der Waals surface area (Å²) in [4.78, 5) is 4.55. The highest BCUT2D eigenvalue weighted by molar-refractivity contribution is 5.72. The summed E-state index contributed by atoms with van der Waals surface area (Å²) in [6, 6.07) is 7.98. The molecule has 1 aromatic heterocycles. The number of oxazole rings is 1. The first-order chi connectivity index (χ1) is 6.84. The molecule has 0 atom stereocenters. The smallest absolute Gasteiger partial charge is 0.201 e. The molecule has 2 aromatic rings. The molecule has 1 aromatic carbocycles. The van der Waals surface area contributed by atoms with Crippen molar-refractivity contribution in [2.45, 2.75) is 31.6 Å². The third-order valence-electron chi connectivity index (χ3n) is 3.28. The van der Waals surface area contributed by atoms with Gasteiger partial charge in [-0.05, 0) is 31.4 Å². The van der Waals surface area contributed by atoms with E-state index in [1.807, 2.05) is 24.3 Å². The van der Waals surface area contributed by atoms with Gasteiger partial charge in [0.25, 0.3) is 0 Å². The maximum absolute atomic E-state index is 5.78. The van der Waals surface area contributed by atoms with E-state index in [9.17, 15) is 0 Å². The first kappa shape index (κ1) is 8.04. The molecule has 0 saturated heterocycles. The van der Waals surface area contributed by atoms with E-state index >= 15 is 0 Å². The number of benzene rings is 1. The third-order valence-corrected chi connectivity index (χ3v) is 3.28. The highest BCUT2D eigenvalue weighted by Gasteiger charge is 2.46. The zero-order valence-electron chi connectivity index (χ0n) is 8.29. The molecule has 1 fully saturated rings. The lowest BCUT2D eigenvalue weighted by Crippen LogP contribution is -2.03. The first-order valence-electron chi connectivity index (χ1n) is 5.20. The molecule has 0 spiro atoms. The van der Waals surface area contributed by atoms with Crippen LogP contribution in [0.2, 0.25) is 0 Å². The second-order valence-corrected chi connectivity index (χ2v) is 4.12. The Balaban J connectivity index is 2.15. The van der Waals surface area contributed by atoms with Gasteiger partial charge in [-0.3, -0.25) is 0 Å². The van der Waals surface area contributed by atoms with Crippen molar-refractivity contribution >= 4 is 11.1 Å². The van der Waals surface area contributed by atoms with E-state index in [1.54, 1.807) is 0 Å². The highest BCUT2D eigenvalue weighted by atomic mass is 16.3. The van der Waals surface area contributed by atoms with Crippen LogP contribution < -0.4 is 0 Å². The maximum atomic E-state index is 5.78. The molecule has 2 heteroatoms. The Kier molecular flexibility index (Phi) is 1.49. The van der Waals surface area contributed by atoms with Gasteiger partial charge in [-0.25, -0.2) is 4.98 Å². The molecule has 1 saturated carbocycles. The first-order valence-corrected chi connectivity index (χ1v) is 5.20. The Morgan fingerprint density at radius 2 is 2.14 bits per heavy atom. The predicted octanol–water partition coefficient (Wildman–Crippen LogP) is 3.27. The van der Waals surface area contributed by atoms with Gasteiger partial charge in [0.05, 0.1) is 0 Å². The van der Waals surface area contributed by atoms with Crippen molar-refractivity contribution in [2.75, 3.05) is 0 Å². The molecular formula is C12H13NO. The molecule has 0 N–H and O–H groups in total. The van der Waals surface area contributed by atoms with E-state index in [0.717, 1.165) is 23.4 Å². The molecule has 1 aliphatic carbocycles. The summed E-state index contributed by atoms with van der Waals surface area (Å²) >= 11 is 0. The lowest BCUT2D eigenvalue weighted by molar-refractivity contribution is 0.449. The lowest BCUT2D eigenvalue weighted by atomic mass is 10.0. The molecule has 1 heterocycles. The fourth-order valence-corrected chi connectivity index (χ4v) is 1.97. The van der Waals surface area contributed by atoms with Crippen LogP contribution in [0.4, 0.5) is 0 Å². The number of fused-ring (bicyclic) bond motifs is 1. The summed E-state index contributed by atoms with van der Waals surface area (Å²) in [5.41, 5.74) is 2.18. The maximum Gasteiger partial charge on any atom is 0.201 e. The monoisotopic (exact) mass is 187 g/mol. The molecular weight excluding hydrogens is 174 g/mol. The van der Waals surface area contributed by atoms with Gasteiger partial charge in [0.15, 0.2) is 5.58 Å². The van der Waals surface area contributed by atoms with Gasteiger partial charge < -0.3 is 4.42 Å². The standard InChI is InChI=1S/C12H13NO/c1-2-12(7-8-12)11-13-9-5-3-4-6-10(9)14-11/h3-6H,2,7-8H2,1H3. The molecule has 14 heavy (non-hydrogen) atoms. The van der Waals surface area contributed by atoms with Crippen LogP contribution in [0.1, 0.15) is 32.1 Å². The summed E-state index contributed by atoms with van der Waals surface area (Å²) in [5, 5.41) is 0. The van der Waals surface area contributed by atoms with E-state index in [-0.39, 0.29) is 5.41 Å². The summed E-state index contributed by atoms with van der Waals surface area (Å²) in [6.45, 7) is 2.21. The van der Waals surface area contributed by atoms with Crippen LogP contribution in [0.5, 0.6) is 0 Å². The van der Waals surface area contributed by atoms with Crippen LogP contribution in [0.25, 0.3) is 11.1 Å². The second-order valence-electron chi connectivity index (χ2n) is 4.12. The van der Waals surface area contributed by atoms with Crippen molar-refractivity contribution < 1.29 is 4.42 Å². The van der Waals surface area contributed by atoms with Crippen molar-refractivity contribution in [1.29, 1.82) is 0 Å². The van der Waals surface area contributed by atoms with Crippen LogP contribution in [0, 0.1) is 0 Å². The van der Waals surface area contributed by atoms with Gasteiger partial charge in [0.1, 0.15) is 5.52 Å². The zero-order valence-corrected chi connectivity index (χ0v) is 8.29. The highest BCUT2D eigenvalue weighted by Crippen LogP contribution is 2.50. The topological polar surface area (TPSA) is 26.0 Å². The van der Waals surface area contributed by atoms with Gasteiger partial charge in [0, 0.05) is 5.41 Å². The van der Waals surface area contributed by atoms with Crippen molar-refractivity contribution in [3.05, 3.63) is 30.2 Å². The SMILES string of the molecule is CCC1(c2nc3ccccc3o2)CC1. The normalized spacial score (nSPS) is 18.6. The number of para-hydroxylation sites is 2. The molecule has 0 radical (unpaired) electrons. The van der Waals surface area contributed by atoms with Gasteiger partial charge in [-0.15, -0.1) is 0 Å². The van der Waals surface area contributed by atoms with Crippen LogP contribution in [0.15, 0.2) is 28.7 Å². The van der Waals surface area contributed by atoms with Gasteiger partial charge >= 0.3 is 0 Å². The van der Waals surface area contributed by atoms with Crippen molar-refractivity contribution in [3.63, 3.8) is 0 Å². The minimum Gasteiger partial charge on any atom is -0.440 e. The predicted molar refractivity (Wildman–Crippen MR) is 55.2 cm³/mol. The Hall–Kier alpha value is -1.31. The Labute approximate surface area is 82.9 Å². The average Bonchev–Trinajstić information content (AvgIpc) is 2.91. The van der Waals surface area contributed by atoms with Crippen LogP contribution in [0.3, 0.4) is 0 Å². The Morgan fingerprint density at radius 3 is 2.79 bits per heavy atom. The fraction of sp³-hybridized carbons (Fsp3) is 0.417. The van der Waals surface area contributed by atoms with Crippen LogP contribution in [-0.4, -0.2) is 4.98 Å². The fourth-order valence-electron chi connectivity index (χ4n) is 1.97. The molecule has 0 aliphatic heterocycles. The minimum atomic E-state index is 0.277. The Bertz CT molecular complexity index is 435. The lowest BCUT2D eigenvalue weighted by Gasteiger charge is -2.04. The third kappa shape index (κ3) is 0.999. The van der Waals surface area contributed by atoms with Crippen molar-refractivity contribution in [2.24, 2.45) is 0 Å². The molecule has 0 unspecified atom stereocenters. The number of nitrogens with zero attached hydrogens (tertiary/aromatic N) is 1. The molecule has 0 bridgehead atoms. The van der Waals surface area contributed by atoms with E-state index < -0.39 is 0 Å². The Morgan fingerprint density at radius 1 is 1.36 bits per heavy atom. The van der Waals surface area contributed by atoms with Crippen molar-refractivity contribution in [3.8, 4) is 0 Å². The van der Waals surface area contributed by atoms with Gasteiger partial charge in [-0.2, -0.15) is 0 Å². The van der Waals surface area contributed by atoms with E-state index in [1.165, 1.54) is 12.8 Å². The van der Waals surface area contributed by atoms with E-state index in [4.69, 9.17) is 4.42 Å². The zero-order chi connectivity index (χ0) is 9.60. The summed E-state index contributed by atoms with van der Waals surface area (Å²) < 4.78 is 5.78. The van der Waals surface area contributed by atoms with E-state index in [2.05, 4.69) is 11.9 Å². The summed E-state index contributed by atoms with van der Waals surface area (Å²) in [7, 11) is 0. The summed E-state index contributed by atoms with van der Waals surface area (Å²) in [5.74, 6) is 0.946. The average molecular weight is 187 g/mol. The number of aromatic nitrogens is 1. The summed E-state index contributed by atoms with van der Waals surface area (Å²) in [6.07, 6.45) is 3.60. The largest absolute Gasteiger partial charge is 0.440 e. The minimum absolute atomic E-state index is 0.277. The molecule has 0 amide bonds. The quantitative estimate of drug-likeness (QED) is 0.721. The number of hydrogen-bond donors (Lipinski definition) is 0. The van der Waals surface area contributed by atoms with E-state index in [0.29, 0.717) is 0 Å². The second kappa shape index (κ2) is 2.59. The van der Waals surface area contributed by atoms with Gasteiger partial charge in [0.2, 0.25) is 5.89 Å². The van der Waals surface area contributed by atoms with Crippen molar-refractivity contribution in [1.82, 2.24) is 4.98 Å². The molecule has 2 nitrogen and oxygen atoms in total. The molecule has 3 rings (SSSR count). The molecule has 72 valence electrons. The van der Waals surface area contributed by atoms with Gasteiger partial charge in [-0.1, -0.05) is 19.1 Å². The number of rotatable bonds is 2. The number of hydrogen-bond acceptors (Lipinski definition) is 2. The molecule has 1 aliphatic rings. The van der Waals surface area contributed by atoms with Crippen LogP contribution in [-0.2, 0) is 5.41 Å². The van der Waals surface area contributed by atoms with Crippen LogP contribution >= 0.6 is 0 Å².